The summed E-state index contributed by atoms with van der Waals surface area (Å²) in [6.07, 6.45) is 8.27. The summed E-state index contributed by atoms with van der Waals surface area (Å²) < 4.78 is 0. The average Bonchev–Trinajstić information content (AvgIpc) is 2.29. The molecule has 1 N–H and O–H groups in total. The third-order valence-corrected chi connectivity index (χ3v) is 3.35. The van der Waals surface area contributed by atoms with Gasteiger partial charge in [0, 0.05) is 12.6 Å². The first kappa shape index (κ1) is 11.4. The molecule has 1 aromatic carbocycles. The van der Waals surface area contributed by atoms with Crippen molar-refractivity contribution in [1.82, 2.24) is 5.32 Å². The van der Waals surface area contributed by atoms with E-state index in [-0.39, 0.29) is 0 Å². The van der Waals surface area contributed by atoms with Crippen LogP contribution in [0.25, 0.3) is 0 Å². The Hall–Kier alpha value is -1.08. The van der Waals surface area contributed by atoms with Gasteiger partial charge in [0.05, 0.1) is 0 Å². The molecular formula is C15H21N. The van der Waals surface area contributed by atoms with Gasteiger partial charge in [0.25, 0.3) is 0 Å². The number of aryl methyl sites for hydroxylation is 2. The second kappa shape index (κ2) is 5.31. The van der Waals surface area contributed by atoms with E-state index in [1.54, 1.807) is 0 Å². The summed E-state index contributed by atoms with van der Waals surface area (Å²) >= 11 is 0. The lowest BCUT2D eigenvalue weighted by Crippen LogP contribution is -2.29. The van der Waals surface area contributed by atoms with E-state index in [0.717, 1.165) is 6.54 Å². The van der Waals surface area contributed by atoms with Crippen molar-refractivity contribution in [2.75, 3.05) is 0 Å². The second-order valence-corrected chi connectivity index (χ2v) is 4.79. The van der Waals surface area contributed by atoms with Crippen LogP contribution in [-0.2, 0) is 6.54 Å². The number of benzene rings is 1. The van der Waals surface area contributed by atoms with Gasteiger partial charge in [-0.3, -0.25) is 0 Å². The number of nitrogens with one attached hydrogen (secondary N) is 1. The first-order valence-corrected chi connectivity index (χ1v) is 6.20. The molecule has 1 unspecified atom stereocenters. The van der Waals surface area contributed by atoms with Crippen LogP contribution in [0.15, 0.2) is 30.4 Å². The Labute approximate surface area is 98.6 Å². The molecule has 0 spiro atoms. The predicted molar refractivity (Wildman–Crippen MR) is 69.5 cm³/mol. The van der Waals surface area contributed by atoms with Gasteiger partial charge < -0.3 is 5.32 Å². The van der Waals surface area contributed by atoms with Gasteiger partial charge >= 0.3 is 0 Å². The quantitative estimate of drug-likeness (QED) is 0.761. The zero-order chi connectivity index (χ0) is 11.4. The van der Waals surface area contributed by atoms with Crippen molar-refractivity contribution in [3.8, 4) is 0 Å². The molecule has 0 aromatic heterocycles. The topological polar surface area (TPSA) is 12.0 Å². The molecule has 0 heterocycles. The van der Waals surface area contributed by atoms with Crippen molar-refractivity contribution in [2.45, 2.75) is 45.7 Å². The number of hydrogen-bond acceptors (Lipinski definition) is 1. The van der Waals surface area contributed by atoms with Gasteiger partial charge in [0.1, 0.15) is 0 Å². The van der Waals surface area contributed by atoms with Crippen LogP contribution in [0.1, 0.15) is 36.0 Å². The molecule has 0 radical (unpaired) electrons. The third kappa shape index (κ3) is 2.96. The fourth-order valence-corrected chi connectivity index (χ4v) is 2.28. The highest BCUT2D eigenvalue weighted by atomic mass is 14.9. The molecule has 1 heteroatoms. The molecule has 1 aliphatic rings. The molecule has 1 aliphatic carbocycles. The van der Waals surface area contributed by atoms with E-state index in [2.05, 4.69) is 49.5 Å². The first-order chi connectivity index (χ1) is 7.75. The predicted octanol–water partition coefficient (Wildman–Crippen LogP) is 3.50. The molecule has 2 rings (SSSR count). The van der Waals surface area contributed by atoms with Crippen LogP contribution >= 0.6 is 0 Å². The van der Waals surface area contributed by atoms with Crippen molar-refractivity contribution in [1.29, 1.82) is 0 Å². The van der Waals surface area contributed by atoms with Crippen LogP contribution in [0, 0.1) is 13.8 Å². The van der Waals surface area contributed by atoms with E-state index in [1.807, 2.05) is 0 Å². The molecule has 0 bridgehead atoms. The van der Waals surface area contributed by atoms with E-state index in [0.29, 0.717) is 6.04 Å². The second-order valence-electron chi connectivity index (χ2n) is 4.79. The fraction of sp³-hybridized carbons (Fsp3) is 0.467. The fourth-order valence-electron chi connectivity index (χ4n) is 2.28. The van der Waals surface area contributed by atoms with Gasteiger partial charge in [-0.05, 0) is 44.2 Å². The molecule has 1 atom stereocenters. The Morgan fingerprint density at radius 3 is 2.81 bits per heavy atom. The molecule has 0 fully saturated rings. The maximum atomic E-state index is 3.65. The summed E-state index contributed by atoms with van der Waals surface area (Å²) in [5.74, 6) is 0. The Balaban J connectivity index is 1.91. The van der Waals surface area contributed by atoms with Crippen LogP contribution in [0.2, 0.25) is 0 Å². The lowest BCUT2D eigenvalue weighted by Gasteiger charge is -2.20. The summed E-state index contributed by atoms with van der Waals surface area (Å²) in [5.41, 5.74) is 4.18. The molecule has 1 aromatic rings. The molecule has 0 aliphatic heterocycles. The summed E-state index contributed by atoms with van der Waals surface area (Å²) in [4.78, 5) is 0. The van der Waals surface area contributed by atoms with E-state index in [4.69, 9.17) is 0 Å². The minimum Gasteiger partial charge on any atom is -0.310 e. The Bertz CT molecular complexity index is 379. The standard InChI is InChI=1S/C15H21N/c1-12-8-9-14(13(2)10-12)11-16-15-6-4-3-5-7-15/h3-4,8-10,15-16H,5-7,11H2,1-2H3. The van der Waals surface area contributed by atoms with Crippen LogP contribution in [-0.4, -0.2) is 6.04 Å². The Morgan fingerprint density at radius 2 is 2.12 bits per heavy atom. The van der Waals surface area contributed by atoms with Crippen LogP contribution < -0.4 is 5.32 Å². The monoisotopic (exact) mass is 215 g/mol. The SMILES string of the molecule is Cc1ccc(CNC2CC=CCC2)c(C)c1. The maximum absolute atomic E-state index is 3.65. The summed E-state index contributed by atoms with van der Waals surface area (Å²) in [6, 6.07) is 7.38. The van der Waals surface area contributed by atoms with Gasteiger partial charge in [0.15, 0.2) is 0 Å². The first-order valence-electron chi connectivity index (χ1n) is 6.20. The van der Waals surface area contributed by atoms with Crippen molar-refractivity contribution < 1.29 is 0 Å². The molecule has 16 heavy (non-hydrogen) atoms. The highest BCUT2D eigenvalue weighted by Gasteiger charge is 2.09. The largest absolute Gasteiger partial charge is 0.310 e. The van der Waals surface area contributed by atoms with Gasteiger partial charge in [-0.15, -0.1) is 0 Å². The highest BCUT2D eigenvalue weighted by Crippen LogP contribution is 2.14. The zero-order valence-corrected chi connectivity index (χ0v) is 10.3. The molecule has 0 saturated heterocycles. The van der Waals surface area contributed by atoms with Crippen molar-refractivity contribution >= 4 is 0 Å². The van der Waals surface area contributed by atoms with Crippen molar-refractivity contribution in [3.05, 3.63) is 47.0 Å². The minimum atomic E-state index is 0.672. The molecule has 0 amide bonds. The van der Waals surface area contributed by atoms with Crippen molar-refractivity contribution in [3.63, 3.8) is 0 Å². The highest BCUT2D eigenvalue weighted by molar-refractivity contribution is 5.30. The van der Waals surface area contributed by atoms with Crippen molar-refractivity contribution in [2.24, 2.45) is 0 Å². The number of allylic oxidation sites excluding steroid dienone is 1. The molecule has 86 valence electrons. The summed E-state index contributed by atoms with van der Waals surface area (Å²) in [5, 5.41) is 3.65. The van der Waals surface area contributed by atoms with Crippen LogP contribution in [0.3, 0.4) is 0 Å². The smallest absolute Gasteiger partial charge is 0.0210 e. The van der Waals surface area contributed by atoms with Crippen LogP contribution in [0.4, 0.5) is 0 Å². The van der Waals surface area contributed by atoms with Gasteiger partial charge in [-0.25, -0.2) is 0 Å². The van der Waals surface area contributed by atoms with Gasteiger partial charge in [0.2, 0.25) is 0 Å². The normalized spacial score (nSPS) is 20.0. The van der Waals surface area contributed by atoms with Gasteiger partial charge in [-0.2, -0.15) is 0 Å². The zero-order valence-electron chi connectivity index (χ0n) is 10.3. The van der Waals surface area contributed by atoms with Gasteiger partial charge in [-0.1, -0.05) is 35.9 Å². The van der Waals surface area contributed by atoms with E-state index >= 15 is 0 Å². The average molecular weight is 215 g/mol. The maximum Gasteiger partial charge on any atom is 0.0210 e. The summed E-state index contributed by atoms with van der Waals surface area (Å²) in [7, 11) is 0. The summed E-state index contributed by atoms with van der Waals surface area (Å²) in [6.45, 7) is 5.35. The Morgan fingerprint density at radius 1 is 1.25 bits per heavy atom. The lowest BCUT2D eigenvalue weighted by atomic mass is 10.0. The lowest BCUT2D eigenvalue weighted by molar-refractivity contribution is 0.474. The molecule has 1 nitrogen and oxygen atoms in total. The molecular weight excluding hydrogens is 194 g/mol. The van der Waals surface area contributed by atoms with E-state index in [1.165, 1.54) is 36.0 Å². The third-order valence-electron chi connectivity index (χ3n) is 3.35. The van der Waals surface area contributed by atoms with E-state index < -0.39 is 0 Å². The molecule has 0 saturated carbocycles. The minimum absolute atomic E-state index is 0.672. The number of hydrogen-bond donors (Lipinski definition) is 1. The van der Waals surface area contributed by atoms with E-state index in [9.17, 15) is 0 Å². The Kier molecular flexibility index (Phi) is 3.79. The number of rotatable bonds is 3. The van der Waals surface area contributed by atoms with Crippen LogP contribution in [0.5, 0.6) is 0 Å².